The monoisotopic (exact) mass is 216 g/mol. The molecule has 0 aliphatic heterocycles. The molecule has 5 nitrogen and oxygen atoms in total. The molecule has 6 heteroatoms. The predicted molar refractivity (Wildman–Crippen MR) is 54.2 cm³/mol. The van der Waals surface area contributed by atoms with Crippen LogP contribution in [0.25, 0.3) is 0 Å². The van der Waals surface area contributed by atoms with E-state index in [1.54, 1.807) is 11.8 Å². The average molecular weight is 216 g/mol. The second-order valence-corrected chi connectivity index (χ2v) is 3.19. The topological polar surface area (TPSA) is 52.0 Å². The molecule has 86 valence electrons. The largest absolute Gasteiger partial charge is 0.383 e. The molecule has 1 N–H and O–H groups in total. The van der Waals surface area contributed by atoms with Gasteiger partial charge in [-0.1, -0.05) is 5.21 Å². The summed E-state index contributed by atoms with van der Waals surface area (Å²) in [7, 11) is 1.66. The van der Waals surface area contributed by atoms with E-state index in [1.165, 1.54) is 0 Å². The molecule has 0 radical (unpaired) electrons. The summed E-state index contributed by atoms with van der Waals surface area (Å²) >= 11 is 0. The Bertz CT molecular complexity index is 266. The molecule has 0 amide bonds. The van der Waals surface area contributed by atoms with E-state index in [0.29, 0.717) is 26.1 Å². The molecule has 0 fully saturated rings. The van der Waals surface area contributed by atoms with Gasteiger partial charge >= 0.3 is 0 Å². The van der Waals surface area contributed by atoms with Gasteiger partial charge in [-0.05, 0) is 6.42 Å². The number of nitrogens with zero attached hydrogens (tertiary/aromatic N) is 3. The minimum Gasteiger partial charge on any atom is -0.383 e. The third kappa shape index (κ3) is 4.85. The predicted octanol–water partition coefficient (Wildman–Crippen LogP) is 0.374. The van der Waals surface area contributed by atoms with Crippen LogP contribution in [0.3, 0.4) is 0 Å². The number of rotatable bonds is 8. The Kier molecular flexibility index (Phi) is 5.87. The zero-order valence-electron chi connectivity index (χ0n) is 8.95. The molecular formula is C9H17FN4O. The van der Waals surface area contributed by atoms with Gasteiger partial charge in [0.25, 0.3) is 0 Å². The fourth-order valence-corrected chi connectivity index (χ4v) is 1.14. The van der Waals surface area contributed by atoms with Crippen LogP contribution in [0, 0.1) is 0 Å². The Hall–Kier alpha value is -1.01. The number of alkyl halides is 1. The van der Waals surface area contributed by atoms with Gasteiger partial charge in [0.2, 0.25) is 0 Å². The van der Waals surface area contributed by atoms with Crippen LogP contribution in [-0.2, 0) is 17.8 Å². The maximum Gasteiger partial charge on any atom is 0.0964 e. The number of hydrogen-bond donors (Lipinski definition) is 1. The van der Waals surface area contributed by atoms with Crippen LogP contribution < -0.4 is 5.32 Å². The third-order valence-corrected chi connectivity index (χ3v) is 1.90. The number of hydrogen-bond acceptors (Lipinski definition) is 4. The molecule has 0 saturated heterocycles. The zero-order valence-corrected chi connectivity index (χ0v) is 8.95. The molecule has 0 spiro atoms. The summed E-state index contributed by atoms with van der Waals surface area (Å²) in [6.07, 6.45) is 2.31. The Morgan fingerprint density at radius 3 is 3.20 bits per heavy atom. The Morgan fingerprint density at radius 1 is 1.60 bits per heavy atom. The number of ether oxygens (including phenoxy) is 1. The van der Waals surface area contributed by atoms with Gasteiger partial charge in [0, 0.05) is 32.9 Å². The molecule has 0 aliphatic carbocycles. The number of aromatic nitrogens is 3. The highest BCUT2D eigenvalue weighted by molar-refractivity contribution is 4.91. The Morgan fingerprint density at radius 2 is 2.47 bits per heavy atom. The smallest absolute Gasteiger partial charge is 0.0964 e. The lowest BCUT2D eigenvalue weighted by Gasteiger charge is -1.99. The summed E-state index contributed by atoms with van der Waals surface area (Å²) in [5.74, 6) is 0. The van der Waals surface area contributed by atoms with Gasteiger partial charge in [-0.25, -0.2) is 0 Å². The molecule has 0 bridgehead atoms. The van der Waals surface area contributed by atoms with Gasteiger partial charge in [-0.15, -0.1) is 5.10 Å². The lowest BCUT2D eigenvalue weighted by molar-refractivity contribution is 0.199. The number of halogens is 1. The summed E-state index contributed by atoms with van der Waals surface area (Å²) in [5.41, 5.74) is 0.866. The maximum atomic E-state index is 11.9. The van der Waals surface area contributed by atoms with E-state index in [0.717, 1.165) is 12.2 Å². The molecule has 0 aromatic carbocycles. The summed E-state index contributed by atoms with van der Waals surface area (Å²) in [4.78, 5) is 0. The van der Waals surface area contributed by atoms with Crippen molar-refractivity contribution in [2.24, 2.45) is 0 Å². The first-order chi connectivity index (χ1) is 7.36. The standard InChI is InChI=1S/C9H17FN4O/c1-15-6-4-11-7-9-8-14(13-12-9)5-2-3-10/h8,11H,2-7H2,1H3. The van der Waals surface area contributed by atoms with Gasteiger partial charge in [0.15, 0.2) is 0 Å². The van der Waals surface area contributed by atoms with Crippen LogP contribution in [-0.4, -0.2) is 41.9 Å². The van der Waals surface area contributed by atoms with E-state index in [2.05, 4.69) is 15.6 Å². The van der Waals surface area contributed by atoms with Crippen LogP contribution in [0.15, 0.2) is 6.20 Å². The molecule has 0 unspecified atom stereocenters. The summed E-state index contributed by atoms with van der Waals surface area (Å²) in [6, 6.07) is 0. The average Bonchev–Trinajstić information content (AvgIpc) is 2.69. The number of methoxy groups -OCH3 is 1. The Balaban J connectivity index is 2.20. The SMILES string of the molecule is COCCNCc1cn(CCCF)nn1. The quantitative estimate of drug-likeness (QED) is 0.638. The second kappa shape index (κ2) is 7.30. The van der Waals surface area contributed by atoms with Crippen molar-refractivity contribution in [3.05, 3.63) is 11.9 Å². The second-order valence-electron chi connectivity index (χ2n) is 3.19. The highest BCUT2D eigenvalue weighted by Crippen LogP contribution is 1.94. The van der Waals surface area contributed by atoms with Crippen molar-refractivity contribution in [3.8, 4) is 0 Å². The molecule has 0 atom stereocenters. The van der Waals surface area contributed by atoms with Crippen molar-refractivity contribution in [1.82, 2.24) is 20.3 Å². The highest BCUT2D eigenvalue weighted by atomic mass is 19.1. The zero-order chi connectivity index (χ0) is 10.9. The summed E-state index contributed by atoms with van der Waals surface area (Å²) in [5, 5.41) is 11.0. The van der Waals surface area contributed by atoms with E-state index < -0.39 is 0 Å². The highest BCUT2D eigenvalue weighted by Gasteiger charge is 1.99. The summed E-state index contributed by atoms with van der Waals surface area (Å²) < 4.78 is 18.4. The minimum atomic E-state index is -0.318. The van der Waals surface area contributed by atoms with Gasteiger partial charge < -0.3 is 10.1 Å². The van der Waals surface area contributed by atoms with Crippen LogP contribution in [0.4, 0.5) is 4.39 Å². The molecule has 0 saturated carbocycles. The maximum absolute atomic E-state index is 11.9. The van der Waals surface area contributed by atoms with Crippen molar-refractivity contribution in [3.63, 3.8) is 0 Å². The van der Waals surface area contributed by atoms with Gasteiger partial charge in [0.1, 0.15) is 0 Å². The van der Waals surface area contributed by atoms with E-state index in [9.17, 15) is 4.39 Å². The number of aryl methyl sites for hydroxylation is 1. The Labute approximate surface area is 88.6 Å². The first-order valence-corrected chi connectivity index (χ1v) is 5.01. The first-order valence-electron chi connectivity index (χ1n) is 5.01. The van der Waals surface area contributed by atoms with Crippen LogP contribution in [0.5, 0.6) is 0 Å². The molecule has 1 aromatic heterocycles. The van der Waals surface area contributed by atoms with E-state index in [4.69, 9.17) is 4.74 Å². The van der Waals surface area contributed by atoms with Gasteiger partial charge in [-0.3, -0.25) is 9.07 Å². The van der Waals surface area contributed by atoms with E-state index in [1.807, 2.05) is 6.20 Å². The fraction of sp³-hybridized carbons (Fsp3) is 0.778. The van der Waals surface area contributed by atoms with Crippen LogP contribution in [0.2, 0.25) is 0 Å². The third-order valence-electron chi connectivity index (χ3n) is 1.90. The van der Waals surface area contributed by atoms with Crippen molar-refractivity contribution in [2.45, 2.75) is 19.5 Å². The fourth-order valence-electron chi connectivity index (χ4n) is 1.14. The lowest BCUT2D eigenvalue weighted by atomic mass is 10.4. The van der Waals surface area contributed by atoms with Crippen molar-refractivity contribution in [1.29, 1.82) is 0 Å². The summed E-state index contributed by atoms with van der Waals surface area (Å²) in [6.45, 7) is 2.39. The van der Waals surface area contributed by atoms with Gasteiger partial charge in [0.05, 0.1) is 19.0 Å². The van der Waals surface area contributed by atoms with Crippen LogP contribution in [0.1, 0.15) is 12.1 Å². The minimum absolute atomic E-state index is 0.318. The van der Waals surface area contributed by atoms with Gasteiger partial charge in [-0.2, -0.15) is 0 Å². The molecule has 15 heavy (non-hydrogen) atoms. The van der Waals surface area contributed by atoms with E-state index in [-0.39, 0.29) is 6.67 Å². The molecule has 1 aromatic rings. The first kappa shape index (κ1) is 12.1. The van der Waals surface area contributed by atoms with Crippen molar-refractivity contribution < 1.29 is 9.13 Å². The van der Waals surface area contributed by atoms with Crippen LogP contribution >= 0.6 is 0 Å². The van der Waals surface area contributed by atoms with E-state index >= 15 is 0 Å². The molecule has 0 aliphatic rings. The normalized spacial score (nSPS) is 10.8. The molecule has 1 rings (SSSR count). The van der Waals surface area contributed by atoms with Crippen molar-refractivity contribution >= 4 is 0 Å². The number of nitrogens with one attached hydrogen (secondary N) is 1. The van der Waals surface area contributed by atoms with Crippen molar-refractivity contribution in [2.75, 3.05) is 26.9 Å². The molecular weight excluding hydrogens is 199 g/mol. The lowest BCUT2D eigenvalue weighted by Crippen LogP contribution is -2.18. The molecule has 1 heterocycles.